The summed E-state index contributed by atoms with van der Waals surface area (Å²) in [6.07, 6.45) is 0.148. The smallest absolute Gasteiger partial charge is 0.163 e. The molecule has 0 saturated carbocycles. The highest BCUT2D eigenvalue weighted by atomic mass is 16.7. The molecule has 2 aliphatic rings. The first-order valence-electron chi connectivity index (χ1n) is 5.63. The first-order valence-corrected chi connectivity index (χ1v) is 5.63. The molecule has 1 unspecified atom stereocenters. The van der Waals surface area contributed by atoms with Crippen molar-refractivity contribution < 1.29 is 14.6 Å². The van der Waals surface area contributed by atoms with Gasteiger partial charge in [-0.2, -0.15) is 0 Å². The Kier molecular flexibility index (Phi) is 3.03. The van der Waals surface area contributed by atoms with Crippen molar-refractivity contribution in [3.8, 4) is 0 Å². The van der Waals surface area contributed by atoms with Crippen LogP contribution in [0.25, 0.3) is 0 Å². The Morgan fingerprint density at radius 3 is 2.80 bits per heavy atom. The zero-order chi connectivity index (χ0) is 11.1. The number of hydrogen-bond acceptors (Lipinski definition) is 4. The largest absolute Gasteiger partial charge is 0.396 e. The number of aliphatic hydroxyl groups excluding tert-OH is 1. The number of hydrogen-bond donors (Lipinski definition) is 1. The third kappa shape index (κ3) is 2.33. The summed E-state index contributed by atoms with van der Waals surface area (Å²) in [6, 6.07) is 0. The third-order valence-electron chi connectivity index (χ3n) is 3.32. The lowest BCUT2D eigenvalue weighted by atomic mass is 9.86. The van der Waals surface area contributed by atoms with Gasteiger partial charge in [0.2, 0.25) is 0 Å². The van der Waals surface area contributed by atoms with Crippen LogP contribution in [0.2, 0.25) is 0 Å². The van der Waals surface area contributed by atoms with E-state index < -0.39 is 5.79 Å². The molecule has 0 aromatic heterocycles. The molecule has 15 heavy (non-hydrogen) atoms. The molecule has 0 spiro atoms. The molecule has 2 heterocycles. The average molecular weight is 215 g/mol. The van der Waals surface area contributed by atoms with Gasteiger partial charge in [0, 0.05) is 31.5 Å². The Balaban J connectivity index is 2.09. The second kappa shape index (κ2) is 4.01. The van der Waals surface area contributed by atoms with Gasteiger partial charge in [0.05, 0.1) is 12.7 Å². The molecule has 4 heteroatoms. The molecule has 0 aromatic rings. The molecule has 4 nitrogen and oxygen atoms in total. The van der Waals surface area contributed by atoms with Gasteiger partial charge in [-0.15, -0.1) is 0 Å². The number of piperidine rings is 1. The highest BCUT2D eigenvalue weighted by molar-refractivity contribution is 4.89. The molecule has 2 saturated heterocycles. The van der Waals surface area contributed by atoms with E-state index in [9.17, 15) is 5.11 Å². The number of rotatable bonds is 1. The first-order chi connectivity index (χ1) is 7.02. The Labute approximate surface area is 91.2 Å². The van der Waals surface area contributed by atoms with Crippen LogP contribution in [-0.2, 0) is 9.47 Å². The zero-order valence-electron chi connectivity index (χ0n) is 9.77. The SMILES string of the molecule is CN1CC(CO)[C@H]2OC(C)(C)OC[C@@H]2C1. The van der Waals surface area contributed by atoms with Gasteiger partial charge >= 0.3 is 0 Å². The standard InChI is InChI=1S/C11H21NO3/c1-11(2)14-7-9-5-12(3)4-8(6-13)10(9)15-11/h8-10,13H,4-7H2,1-3H3/t8?,9-,10+/m0/s1. The maximum Gasteiger partial charge on any atom is 0.163 e. The van der Waals surface area contributed by atoms with Gasteiger partial charge in [-0.05, 0) is 20.9 Å². The Bertz CT molecular complexity index is 224. The van der Waals surface area contributed by atoms with Crippen molar-refractivity contribution in [1.29, 1.82) is 0 Å². The van der Waals surface area contributed by atoms with Crippen LogP contribution in [0.15, 0.2) is 0 Å². The van der Waals surface area contributed by atoms with Crippen LogP contribution in [0.4, 0.5) is 0 Å². The summed E-state index contributed by atoms with van der Waals surface area (Å²) < 4.78 is 11.6. The molecule has 2 rings (SSSR count). The van der Waals surface area contributed by atoms with Crippen LogP contribution in [0.5, 0.6) is 0 Å². The van der Waals surface area contributed by atoms with E-state index in [4.69, 9.17) is 9.47 Å². The fraction of sp³-hybridized carbons (Fsp3) is 1.00. The molecule has 88 valence electrons. The quantitative estimate of drug-likeness (QED) is 0.683. The zero-order valence-corrected chi connectivity index (χ0v) is 9.77. The van der Waals surface area contributed by atoms with E-state index in [0.717, 1.165) is 19.7 Å². The number of likely N-dealkylation sites (tertiary alicyclic amines) is 1. The lowest BCUT2D eigenvalue weighted by Crippen LogP contribution is -2.58. The van der Waals surface area contributed by atoms with Gasteiger partial charge in [-0.1, -0.05) is 0 Å². The summed E-state index contributed by atoms with van der Waals surface area (Å²) in [4.78, 5) is 2.24. The highest BCUT2D eigenvalue weighted by Gasteiger charge is 2.43. The molecule has 1 N–H and O–H groups in total. The molecule has 0 bridgehead atoms. The van der Waals surface area contributed by atoms with E-state index in [1.807, 2.05) is 13.8 Å². The van der Waals surface area contributed by atoms with E-state index in [-0.39, 0.29) is 18.6 Å². The minimum Gasteiger partial charge on any atom is -0.396 e. The second-order valence-corrected chi connectivity index (χ2v) is 5.22. The molecule has 0 aliphatic carbocycles. The summed E-state index contributed by atoms with van der Waals surface area (Å²) in [5, 5.41) is 9.37. The van der Waals surface area contributed by atoms with Crippen LogP contribution in [0.1, 0.15) is 13.8 Å². The minimum atomic E-state index is -0.496. The normalized spacial score (nSPS) is 41.2. The fourth-order valence-electron chi connectivity index (χ4n) is 2.64. The number of aliphatic hydroxyl groups is 1. The van der Waals surface area contributed by atoms with Gasteiger partial charge in [-0.25, -0.2) is 0 Å². The monoisotopic (exact) mass is 215 g/mol. The fourth-order valence-corrected chi connectivity index (χ4v) is 2.64. The lowest BCUT2D eigenvalue weighted by molar-refractivity contribution is -0.312. The molecular formula is C11H21NO3. The summed E-state index contributed by atoms with van der Waals surface area (Å²) in [7, 11) is 2.08. The van der Waals surface area contributed by atoms with Crippen molar-refractivity contribution in [3.63, 3.8) is 0 Å². The average Bonchev–Trinajstić information content (AvgIpc) is 2.17. The first kappa shape index (κ1) is 11.3. The Morgan fingerprint density at radius 1 is 1.40 bits per heavy atom. The predicted molar refractivity (Wildman–Crippen MR) is 56.5 cm³/mol. The molecule has 0 amide bonds. The molecule has 0 radical (unpaired) electrons. The van der Waals surface area contributed by atoms with Crippen molar-refractivity contribution >= 4 is 0 Å². The number of fused-ring (bicyclic) bond motifs is 1. The minimum absolute atomic E-state index is 0.148. The summed E-state index contributed by atoms with van der Waals surface area (Å²) >= 11 is 0. The van der Waals surface area contributed by atoms with E-state index >= 15 is 0 Å². The summed E-state index contributed by atoms with van der Waals surface area (Å²) in [6.45, 7) is 6.72. The summed E-state index contributed by atoms with van der Waals surface area (Å²) in [5.41, 5.74) is 0. The predicted octanol–water partition coefficient (Wildman–Crippen LogP) is 0.308. The van der Waals surface area contributed by atoms with Crippen LogP contribution in [-0.4, -0.2) is 55.2 Å². The van der Waals surface area contributed by atoms with Gasteiger partial charge in [0.15, 0.2) is 5.79 Å². The summed E-state index contributed by atoms with van der Waals surface area (Å²) in [5.74, 6) is 0.121. The van der Waals surface area contributed by atoms with E-state index in [0.29, 0.717) is 5.92 Å². The van der Waals surface area contributed by atoms with Gasteiger partial charge in [-0.3, -0.25) is 0 Å². The maximum absolute atomic E-state index is 9.37. The molecule has 0 aromatic carbocycles. The van der Waals surface area contributed by atoms with E-state index in [1.165, 1.54) is 0 Å². The van der Waals surface area contributed by atoms with Crippen LogP contribution in [0.3, 0.4) is 0 Å². The number of ether oxygens (including phenoxy) is 2. The van der Waals surface area contributed by atoms with Gasteiger partial charge in [0.25, 0.3) is 0 Å². The van der Waals surface area contributed by atoms with Crippen LogP contribution < -0.4 is 0 Å². The molecule has 2 aliphatic heterocycles. The molecule has 3 atom stereocenters. The maximum atomic E-state index is 9.37. The van der Waals surface area contributed by atoms with E-state index in [1.54, 1.807) is 0 Å². The third-order valence-corrected chi connectivity index (χ3v) is 3.32. The van der Waals surface area contributed by atoms with E-state index in [2.05, 4.69) is 11.9 Å². The van der Waals surface area contributed by atoms with Crippen molar-refractivity contribution in [1.82, 2.24) is 4.90 Å². The van der Waals surface area contributed by atoms with Crippen molar-refractivity contribution in [3.05, 3.63) is 0 Å². The van der Waals surface area contributed by atoms with Gasteiger partial charge in [0.1, 0.15) is 0 Å². The Hall–Kier alpha value is -0.160. The lowest BCUT2D eigenvalue weighted by Gasteiger charge is -2.48. The Morgan fingerprint density at radius 2 is 2.13 bits per heavy atom. The molecular weight excluding hydrogens is 194 g/mol. The highest BCUT2D eigenvalue weighted by Crippen LogP contribution is 2.33. The topological polar surface area (TPSA) is 41.9 Å². The van der Waals surface area contributed by atoms with Gasteiger partial charge < -0.3 is 19.5 Å². The second-order valence-electron chi connectivity index (χ2n) is 5.22. The number of nitrogens with zero attached hydrogens (tertiary/aromatic N) is 1. The van der Waals surface area contributed by atoms with Crippen molar-refractivity contribution in [2.24, 2.45) is 11.8 Å². The van der Waals surface area contributed by atoms with Crippen molar-refractivity contribution in [2.45, 2.75) is 25.7 Å². The van der Waals surface area contributed by atoms with Crippen LogP contribution in [0, 0.1) is 11.8 Å². The molecule has 2 fully saturated rings. The van der Waals surface area contributed by atoms with Crippen LogP contribution >= 0.6 is 0 Å². The van der Waals surface area contributed by atoms with Crippen molar-refractivity contribution in [2.75, 3.05) is 33.4 Å².